The van der Waals surface area contributed by atoms with Crippen LogP contribution < -0.4 is 10.6 Å². The van der Waals surface area contributed by atoms with Crippen molar-refractivity contribution < 1.29 is 14.4 Å². The van der Waals surface area contributed by atoms with E-state index in [2.05, 4.69) is 10.6 Å². The summed E-state index contributed by atoms with van der Waals surface area (Å²) in [5.41, 5.74) is 2.53. The number of rotatable bonds is 6. The lowest BCUT2D eigenvalue weighted by Crippen LogP contribution is -2.36. The van der Waals surface area contributed by atoms with E-state index in [0.717, 1.165) is 16.2 Å². The first kappa shape index (κ1) is 18.4. The van der Waals surface area contributed by atoms with Crippen LogP contribution >= 0.6 is 0 Å². The van der Waals surface area contributed by atoms with E-state index in [-0.39, 0.29) is 30.9 Å². The predicted molar refractivity (Wildman–Crippen MR) is 103 cm³/mol. The average Bonchev–Trinajstić information content (AvgIpc) is 2.90. The van der Waals surface area contributed by atoms with E-state index in [1.807, 2.05) is 55.5 Å². The zero-order valence-corrected chi connectivity index (χ0v) is 15.3. The number of likely N-dealkylation sites (N-methyl/N-ethyl adjacent to an activating group) is 1. The van der Waals surface area contributed by atoms with E-state index in [1.165, 1.54) is 11.9 Å². The maximum atomic E-state index is 12.4. The summed E-state index contributed by atoms with van der Waals surface area (Å²) in [5.74, 6) is -0.667. The first-order chi connectivity index (χ1) is 13.0. The molecular formula is C20H22N4O3. The highest BCUT2D eigenvalue weighted by Crippen LogP contribution is 2.26. The molecule has 140 valence electrons. The van der Waals surface area contributed by atoms with Crippen molar-refractivity contribution in [2.45, 2.75) is 13.0 Å². The van der Waals surface area contributed by atoms with Gasteiger partial charge >= 0.3 is 6.03 Å². The molecule has 7 heteroatoms. The Kier molecular flexibility index (Phi) is 5.40. The molecule has 2 aromatic rings. The van der Waals surface area contributed by atoms with Crippen molar-refractivity contribution in [3.63, 3.8) is 0 Å². The van der Waals surface area contributed by atoms with Crippen LogP contribution in [0.2, 0.25) is 0 Å². The standard InChI is InChI=1S/C20H22N4O3/c1-14(15-8-4-3-5-9-15)21-16-10-6-7-11-17(16)22-18(25)12-24-13-19(26)23(2)20(24)27/h3-11,14,21H,12-13H2,1-2H3,(H,22,25). The molecule has 2 aromatic carbocycles. The minimum Gasteiger partial charge on any atom is -0.377 e. The maximum Gasteiger partial charge on any atom is 0.327 e. The number of hydrogen-bond acceptors (Lipinski definition) is 4. The number of amides is 4. The first-order valence-electron chi connectivity index (χ1n) is 8.71. The number of para-hydroxylation sites is 2. The summed E-state index contributed by atoms with van der Waals surface area (Å²) in [7, 11) is 1.41. The van der Waals surface area contributed by atoms with Crippen LogP contribution in [0, 0.1) is 0 Å². The third-order valence-electron chi connectivity index (χ3n) is 4.46. The number of imide groups is 1. The van der Waals surface area contributed by atoms with Gasteiger partial charge in [-0.15, -0.1) is 0 Å². The van der Waals surface area contributed by atoms with Gasteiger partial charge < -0.3 is 15.5 Å². The van der Waals surface area contributed by atoms with Crippen molar-refractivity contribution in [1.82, 2.24) is 9.80 Å². The summed E-state index contributed by atoms with van der Waals surface area (Å²) in [4.78, 5) is 38.1. The minimum atomic E-state index is -0.459. The fourth-order valence-corrected chi connectivity index (χ4v) is 2.92. The van der Waals surface area contributed by atoms with Crippen LogP contribution in [0.1, 0.15) is 18.5 Å². The molecule has 1 fully saturated rings. The van der Waals surface area contributed by atoms with Gasteiger partial charge in [0.25, 0.3) is 0 Å². The van der Waals surface area contributed by atoms with E-state index in [4.69, 9.17) is 0 Å². The van der Waals surface area contributed by atoms with Crippen LogP contribution in [-0.2, 0) is 9.59 Å². The van der Waals surface area contributed by atoms with E-state index in [0.29, 0.717) is 5.69 Å². The molecule has 1 unspecified atom stereocenters. The van der Waals surface area contributed by atoms with Crippen LogP contribution in [0.5, 0.6) is 0 Å². The second-order valence-electron chi connectivity index (χ2n) is 6.46. The lowest BCUT2D eigenvalue weighted by molar-refractivity contribution is -0.124. The summed E-state index contributed by atoms with van der Waals surface area (Å²) < 4.78 is 0. The zero-order chi connectivity index (χ0) is 19.4. The smallest absolute Gasteiger partial charge is 0.327 e. The highest BCUT2D eigenvalue weighted by atomic mass is 16.2. The van der Waals surface area contributed by atoms with Crippen molar-refractivity contribution in [3.05, 3.63) is 60.2 Å². The fraction of sp³-hybridized carbons (Fsp3) is 0.250. The highest BCUT2D eigenvalue weighted by Gasteiger charge is 2.34. The summed E-state index contributed by atoms with van der Waals surface area (Å²) in [5, 5.41) is 6.21. The van der Waals surface area contributed by atoms with Gasteiger partial charge in [-0.2, -0.15) is 0 Å². The Morgan fingerprint density at radius 3 is 2.30 bits per heavy atom. The molecule has 27 heavy (non-hydrogen) atoms. The maximum absolute atomic E-state index is 12.4. The number of urea groups is 1. The SMILES string of the molecule is CC(Nc1ccccc1NC(=O)CN1CC(=O)N(C)C1=O)c1ccccc1. The van der Waals surface area contributed by atoms with Crippen molar-refractivity contribution in [2.24, 2.45) is 0 Å². The van der Waals surface area contributed by atoms with Crippen LogP contribution in [0.3, 0.4) is 0 Å². The third-order valence-corrected chi connectivity index (χ3v) is 4.46. The number of hydrogen-bond donors (Lipinski definition) is 2. The average molecular weight is 366 g/mol. The van der Waals surface area contributed by atoms with Crippen molar-refractivity contribution >= 4 is 29.2 Å². The Bertz CT molecular complexity index is 853. The minimum absolute atomic E-state index is 0.0516. The summed E-state index contributed by atoms with van der Waals surface area (Å²) in [6.07, 6.45) is 0. The molecule has 3 rings (SSSR count). The van der Waals surface area contributed by atoms with Gasteiger partial charge in [0.05, 0.1) is 11.4 Å². The predicted octanol–water partition coefficient (Wildman–Crippen LogP) is 2.69. The number of carbonyl (C=O) groups is 3. The molecule has 2 N–H and O–H groups in total. The van der Waals surface area contributed by atoms with Crippen molar-refractivity contribution in [1.29, 1.82) is 0 Å². The van der Waals surface area contributed by atoms with Gasteiger partial charge in [-0.1, -0.05) is 42.5 Å². The zero-order valence-electron chi connectivity index (χ0n) is 15.3. The summed E-state index contributed by atoms with van der Waals surface area (Å²) >= 11 is 0. The number of benzene rings is 2. The van der Waals surface area contributed by atoms with E-state index >= 15 is 0 Å². The van der Waals surface area contributed by atoms with Crippen molar-refractivity contribution in [3.8, 4) is 0 Å². The molecule has 0 aliphatic carbocycles. The monoisotopic (exact) mass is 366 g/mol. The molecule has 0 aromatic heterocycles. The molecule has 0 bridgehead atoms. The second-order valence-corrected chi connectivity index (χ2v) is 6.46. The molecule has 1 aliphatic heterocycles. The number of nitrogens with one attached hydrogen (secondary N) is 2. The molecule has 0 saturated carbocycles. The van der Waals surface area contributed by atoms with E-state index < -0.39 is 6.03 Å². The Labute approximate surface area is 158 Å². The first-order valence-corrected chi connectivity index (χ1v) is 8.71. The molecule has 4 amide bonds. The number of carbonyl (C=O) groups excluding carboxylic acids is 3. The Morgan fingerprint density at radius 1 is 1.04 bits per heavy atom. The Hall–Kier alpha value is -3.35. The quantitative estimate of drug-likeness (QED) is 0.770. The third kappa shape index (κ3) is 4.25. The number of anilines is 2. The second kappa shape index (κ2) is 7.90. The Morgan fingerprint density at radius 2 is 1.67 bits per heavy atom. The molecule has 1 aliphatic rings. The largest absolute Gasteiger partial charge is 0.377 e. The summed E-state index contributed by atoms with van der Waals surface area (Å²) in [6, 6.07) is 17.0. The molecule has 1 saturated heterocycles. The van der Waals surface area contributed by atoms with Crippen LogP contribution in [-0.4, -0.2) is 47.8 Å². The van der Waals surface area contributed by atoms with Gasteiger partial charge in [0.1, 0.15) is 13.1 Å². The molecule has 1 heterocycles. The molecular weight excluding hydrogens is 344 g/mol. The van der Waals surface area contributed by atoms with Gasteiger partial charge in [-0.3, -0.25) is 14.5 Å². The molecule has 1 atom stereocenters. The lowest BCUT2D eigenvalue weighted by Gasteiger charge is -2.20. The number of nitrogens with zero attached hydrogens (tertiary/aromatic N) is 2. The van der Waals surface area contributed by atoms with E-state index in [1.54, 1.807) is 6.07 Å². The van der Waals surface area contributed by atoms with Crippen LogP contribution in [0.15, 0.2) is 54.6 Å². The normalized spacial score (nSPS) is 15.0. The fourth-order valence-electron chi connectivity index (χ4n) is 2.92. The Balaban J connectivity index is 1.66. The molecule has 0 spiro atoms. The van der Waals surface area contributed by atoms with Gasteiger partial charge in [0.2, 0.25) is 11.8 Å². The van der Waals surface area contributed by atoms with Gasteiger partial charge in [-0.25, -0.2) is 4.79 Å². The lowest BCUT2D eigenvalue weighted by atomic mass is 10.1. The van der Waals surface area contributed by atoms with Gasteiger partial charge in [-0.05, 0) is 24.6 Å². The summed E-state index contributed by atoms with van der Waals surface area (Å²) in [6.45, 7) is 1.80. The van der Waals surface area contributed by atoms with E-state index in [9.17, 15) is 14.4 Å². The van der Waals surface area contributed by atoms with Gasteiger partial charge in [0, 0.05) is 13.1 Å². The van der Waals surface area contributed by atoms with Crippen LogP contribution in [0.25, 0.3) is 0 Å². The topological polar surface area (TPSA) is 81.8 Å². The highest BCUT2D eigenvalue weighted by molar-refractivity contribution is 6.04. The van der Waals surface area contributed by atoms with Crippen molar-refractivity contribution in [2.75, 3.05) is 30.8 Å². The molecule has 0 radical (unpaired) electrons. The van der Waals surface area contributed by atoms with Gasteiger partial charge in [0.15, 0.2) is 0 Å². The molecule has 7 nitrogen and oxygen atoms in total. The van der Waals surface area contributed by atoms with Crippen LogP contribution in [0.4, 0.5) is 16.2 Å².